The van der Waals surface area contributed by atoms with Gasteiger partial charge < -0.3 is 9.64 Å². The van der Waals surface area contributed by atoms with E-state index in [1.807, 2.05) is 12.5 Å². The van der Waals surface area contributed by atoms with E-state index in [2.05, 4.69) is 4.37 Å². The number of thioether (sulfide) groups is 2. The van der Waals surface area contributed by atoms with Gasteiger partial charge in [-0.15, -0.1) is 23.5 Å². The molecular weight excluding hydrogens is 340 g/mol. The number of ether oxygens (including phenoxy) is 1. The van der Waals surface area contributed by atoms with Crippen LogP contribution >= 0.6 is 35.1 Å². The van der Waals surface area contributed by atoms with E-state index in [9.17, 15) is 9.59 Å². The number of piperidine rings is 1. The van der Waals surface area contributed by atoms with E-state index in [0.717, 1.165) is 22.1 Å². The summed E-state index contributed by atoms with van der Waals surface area (Å²) >= 11 is 4.33. The molecule has 0 unspecified atom stereocenters. The van der Waals surface area contributed by atoms with Gasteiger partial charge in [-0.05, 0) is 50.2 Å². The van der Waals surface area contributed by atoms with E-state index in [1.54, 1.807) is 11.8 Å². The molecule has 0 spiro atoms. The summed E-state index contributed by atoms with van der Waals surface area (Å²) in [6.45, 7) is 2.72. The van der Waals surface area contributed by atoms with Crippen molar-refractivity contribution in [2.45, 2.75) is 41.5 Å². The fourth-order valence-electron chi connectivity index (χ4n) is 2.52. The zero-order valence-corrected chi connectivity index (χ0v) is 15.4. The molecule has 5 nitrogen and oxygen atoms in total. The molecule has 0 aromatic carbocycles. The average molecular weight is 361 g/mol. The van der Waals surface area contributed by atoms with Gasteiger partial charge in [-0.3, -0.25) is 4.79 Å². The third-order valence-corrected chi connectivity index (χ3v) is 6.28. The number of likely N-dealkylation sites (tertiary alicyclic amines) is 1. The summed E-state index contributed by atoms with van der Waals surface area (Å²) in [7, 11) is 0. The maximum Gasteiger partial charge on any atom is 0.328 e. The maximum absolute atomic E-state index is 13.0. The molecule has 0 N–H and O–H groups in total. The minimum absolute atomic E-state index is 0.0970. The molecule has 1 aliphatic heterocycles. The summed E-state index contributed by atoms with van der Waals surface area (Å²) in [4.78, 5) is 26.8. The van der Waals surface area contributed by atoms with Crippen LogP contribution in [0.3, 0.4) is 0 Å². The lowest BCUT2D eigenvalue weighted by Gasteiger charge is -2.34. The first-order valence-electron chi connectivity index (χ1n) is 7.19. The van der Waals surface area contributed by atoms with E-state index in [0.29, 0.717) is 25.1 Å². The molecule has 1 atom stereocenters. The lowest BCUT2D eigenvalue weighted by atomic mass is 10.0. The predicted molar refractivity (Wildman–Crippen MR) is 91.0 cm³/mol. The fourth-order valence-corrected chi connectivity index (χ4v) is 4.78. The van der Waals surface area contributed by atoms with Crippen molar-refractivity contribution >= 4 is 46.9 Å². The van der Waals surface area contributed by atoms with Crippen molar-refractivity contribution < 1.29 is 14.3 Å². The second kappa shape index (κ2) is 8.21. The number of carbonyl (C=O) groups is 2. The van der Waals surface area contributed by atoms with E-state index in [-0.39, 0.29) is 11.9 Å². The van der Waals surface area contributed by atoms with Gasteiger partial charge in [0.2, 0.25) is 0 Å². The summed E-state index contributed by atoms with van der Waals surface area (Å²) in [5, 5.41) is 0.743. The van der Waals surface area contributed by atoms with Gasteiger partial charge in [0.15, 0.2) is 0 Å². The lowest BCUT2D eigenvalue weighted by Crippen LogP contribution is -2.48. The van der Waals surface area contributed by atoms with Gasteiger partial charge in [0, 0.05) is 6.54 Å². The Kier molecular flexibility index (Phi) is 6.58. The number of carbonyl (C=O) groups excluding carboxylic acids is 2. The Morgan fingerprint density at radius 2 is 2.14 bits per heavy atom. The molecule has 0 bridgehead atoms. The summed E-state index contributed by atoms with van der Waals surface area (Å²) in [5.41, 5.74) is 0.640. The average Bonchev–Trinajstić information content (AvgIpc) is 2.97. The van der Waals surface area contributed by atoms with Crippen molar-refractivity contribution in [1.82, 2.24) is 9.27 Å². The van der Waals surface area contributed by atoms with Crippen LogP contribution in [0, 0.1) is 0 Å². The highest BCUT2D eigenvalue weighted by Crippen LogP contribution is 2.34. The Morgan fingerprint density at radius 1 is 1.36 bits per heavy atom. The number of rotatable bonds is 5. The lowest BCUT2D eigenvalue weighted by molar-refractivity contribution is -0.149. The highest BCUT2D eigenvalue weighted by Gasteiger charge is 2.36. The first-order chi connectivity index (χ1) is 10.6. The first kappa shape index (κ1) is 17.6. The molecule has 122 valence electrons. The number of nitrogens with zero attached hydrogens (tertiary/aromatic N) is 2. The quantitative estimate of drug-likeness (QED) is 0.594. The summed E-state index contributed by atoms with van der Waals surface area (Å²) in [6, 6.07) is -0.467. The smallest absolute Gasteiger partial charge is 0.328 e. The Labute approximate surface area is 143 Å². The van der Waals surface area contributed by atoms with Gasteiger partial charge in [0.25, 0.3) is 5.91 Å². The van der Waals surface area contributed by atoms with Crippen LogP contribution in [0.1, 0.15) is 36.5 Å². The van der Waals surface area contributed by atoms with Crippen molar-refractivity contribution in [2.75, 3.05) is 25.7 Å². The molecule has 1 aliphatic rings. The highest BCUT2D eigenvalue weighted by atomic mass is 32.2. The molecule has 1 fully saturated rings. The third kappa shape index (κ3) is 3.60. The Balaban J connectivity index is 2.29. The molecule has 2 rings (SSSR count). The van der Waals surface area contributed by atoms with Gasteiger partial charge in [0.05, 0.1) is 16.4 Å². The molecule has 1 saturated heterocycles. The molecule has 2 heterocycles. The number of hydrogen-bond acceptors (Lipinski definition) is 7. The van der Waals surface area contributed by atoms with Crippen LogP contribution in [-0.2, 0) is 9.53 Å². The molecule has 22 heavy (non-hydrogen) atoms. The first-order valence-corrected chi connectivity index (χ1v) is 10.4. The van der Waals surface area contributed by atoms with Crippen LogP contribution in [0.25, 0.3) is 0 Å². The topological polar surface area (TPSA) is 59.5 Å². The van der Waals surface area contributed by atoms with Crippen molar-refractivity contribution in [3.8, 4) is 0 Å². The van der Waals surface area contributed by atoms with Crippen molar-refractivity contribution in [1.29, 1.82) is 0 Å². The van der Waals surface area contributed by atoms with Crippen molar-refractivity contribution in [3.05, 3.63) is 5.56 Å². The monoisotopic (exact) mass is 360 g/mol. The van der Waals surface area contributed by atoms with E-state index < -0.39 is 6.04 Å². The molecule has 1 aromatic rings. The third-order valence-electron chi connectivity index (χ3n) is 3.54. The van der Waals surface area contributed by atoms with Crippen LogP contribution < -0.4 is 0 Å². The van der Waals surface area contributed by atoms with Crippen LogP contribution in [0.5, 0.6) is 0 Å². The number of hydrogen-bond donors (Lipinski definition) is 0. The number of aromatic nitrogens is 1. The fraction of sp³-hybridized carbons (Fsp3) is 0.643. The Morgan fingerprint density at radius 3 is 2.77 bits per heavy atom. The summed E-state index contributed by atoms with van der Waals surface area (Å²) in [5.74, 6) is -0.393. The van der Waals surface area contributed by atoms with Gasteiger partial charge in [0.1, 0.15) is 11.1 Å². The second-order valence-corrected chi connectivity index (χ2v) is 7.46. The molecule has 1 aromatic heterocycles. The molecule has 0 aliphatic carbocycles. The van der Waals surface area contributed by atoms with Gasteiger partial charge >= 0.3 is 5.97 Å². The number of esters is 1. The minimum Gasteiger partial charge on any atom is -0.464 e. The normalized spacial score (nSPS) is 18.3. The van der Waals surface area contributed by atoms with E-state index in [4.69, 9.17) is 4.74 Å². The zero-order chi connectivity index (χ0) is 16.1. The minimum atomic E-state index is -0.467. The second-order valence-electron chi connectivity index (χ2n) is 4.82. The molecule has 0 saturated carbocycles. The van der Waals surface area contributed by atoms with Gasteiger partial charge in [-0.1, -0.05) is 0 Å². The van der Waals surface area contributed by atoms with Crippen LogP contribution in [0.2, 0.25) is 0 Å². The molecule has 1 amide bonds. The highest BCUT2D eigenvalue weighted by molar-refractivity contribution is 8.01. The largest absolute Gasteiger partial charge is 0.464 e. The van der Waals surface area contributed by atoms with Crippen LogP contribution in [0.4, 0.5) is 0 Å². The maximum atomic E-state index is 13.0. The Bertz CT molecular complexity index is 526. The molecular formula is C14H20N2O3S3. The summed E-state index contributed by atoms with van der Waals surface area (Å²) < 4.78 is 10.4. The summed E-state index contributed by atoms with van der Waals surface area (Å²) in [6.07, 6.45) is 6.38. The zero-order valence-electron chi connectivity index (χ0n) is 13.0. The predicted octanol–water partition coefficient (Wildman–Crippen LogP) is 3.14. The van der Waals surface area contributed by atoms with Crippen molar-refractivity contribution in [2.24, 2.45) is 0 Å². The van der Waals surface area contributed by atoms with Crippen LogP contribution in [0.15, 0.2) is 9.24 Å². The molecule has 0 radical (unpaired) electrons. The molecule has 8 heteroatoms. The van der Waals surface area contributed by atoms with Crippen LogP contribution in [-0.4, -0.2) is 52.9 Å². The van der Waals surface area contributed by atoms with E-state index >= 15 is 0 Å². The van der Waals surface area contributed by atoms with Gasteiger partial charge in [-0.2, -0.15) is 4.37 Å². The standard InChI is InChI=1S/C14H20N2O3S3/c1-4-19-13(18)9-7-5-6-8-16(9)12(17)10-11(20-2)15-22-14(10)21-3/h9H,4-8H2,1-3H3/t9-/m0/s1. The Hall–Kier alpha value is -0.730. The van der Waals surface area contributed by atoms with Crippen molar-refractivity contribution in [3.63, 3.8) is 0 Å². The van der Waals surface area contributed by atoms with Gasteiger partial charge in [-0.25, -0.2) is 4.79 Å². The van der Waals surface area contributed by atoms with E-state index in [1.165, 1.54) is 35.1 Å². The number of amides is 1. The SMILES string of the molecule is CCOC(=O)[C@@H]1CCCCN1C(=O)c1c(SC)nsc1SC.